The van der Waals surface area contributed by atoms with Gasteiger partial charge in [-0.3, -0.25) is 9.59 Å². The van der Waals surface area contributed by atoms with Gasteiger partial charge in [-0.2, -0.15) is 0 Å². The third kappa shape index (κ3) is 4.15. The van der Waals surface area contributed by atoms with Gasteiger partial charge in [0.2, 0.25) is 0 Å². The molecule has 1 aliphatic heterocycles. The molecular formula is C13H19N3O4S. The molecule has 1 aliphatic rings. The van der Waals surface area contributed by atoms with E-state index in [1.165, 1.54) is 11.3 Å². The second kappa shape index (κ2) is 6.86. The molecule has 3 N–H and O–H groups in total. The van der Waals surface area contributed by atoms with E-state index >= 15 is 0 Å². The van der Waals surface area contributed by atoms with Crippen LogP contribution in [0.5, 0.6) is 0 Å². The predicted octanol–water partition coefficient (Wildman–Crippen LogP) is 1.13. The summed E-state index contributed by atoms with van der Waals surface area (Å²) < 4.78 is 5.51. The normalized spacial score (nSPS) is 16.1. The molecule has 0 aromatic carbocycles. The number of amides is 1. The Labute approximate surface area is 126 Å². The number of ether oxygens (including phenoxy) is 1. The maximum atomic E-state index is 12.4. The van der Waals surface area contributed by atoms with Crippen molar-refractivity contribution in [3.8, 4) is 0 Å². The summed E-state index contributed by atoms with van der Waals surface area (Å²) in [6.45, 7) is 3.21. The fourth-order valence-electron chi connectivity index (χ4n) is 2.30. The van der Waals surface area contributed by atoms with E-state index in [4.69, 9.17) is 15.6 Å². The van der Waals surface area contributed by atoms with E-state index in [0.717, 1.165) is 12.8 Å². The number of carbonyl (C=O) groups excluding carboxylic acids is 1. The highest BCUT2D eigenvalue weighted by Crippen LogP contribution is 2.23. The van der Waals surface area contributed by atoms with Gasteiger partial charge in [-0.25, -0.2) is 4.98 Å². The van der Waals surface area contributed by atoms with E-state index in [-0.39, 0.29) is 25.0 Å². The number of carboxylic acid groups (broad SMARTS) is 1. The number of aromatic nitrogens is 1. The van der Waals surface area contributed by atoms with Crippen molar-refractivity contribution < 1.29 is 19.4 Å². The number of rotatable bonds is 5. The van der Waals surface area contributed by atoms with Crippen LogP contribution in [0.15, 0.2) is 0 Å². The quantitative estimate of drug-likeness (QED) is 0.844. The minimum atomic E-state index is -0.860. The summed E-state index contributed by atoms with van der Waals surface area (Å²) in [5.41, 5.74) is 6.29. The highest BCUT2D eigenvalue weighted by Gasteiger charge is 2.26. The molecule has 1 aromatic heterocycles. The first-order chi connectivity index (χ1) is 9.97. The van der Waals surface area contributed by atoms with Gasteiger partial charge >= 0.3 is 5.97 Å². The number of nitrogens with zero attached hydrogens (tertiary/aromatic N) is 2. The third-order valence-electron chi connectivity index (χ3n) is 3.41. The number of nitrogens with two attached hydrogens (primary N) is 1. The number of aliphatic carboxylic acids is 1. The molecule has 0 saturated carbocycles. The minimum Gasteiger partial charge on any atom is -0.481 e. The smallest absolute Gasteiger partial charge is 0.305 e. The van der Waals surface area contributed by atoms with E-state index in [0.29, 0.717) is 28.8 Å². The molecule has 8 heteroatoms. The topological polar surface area (TPSA) is 106 Å². The van der Waals surface area contributed by atoms with E-state index in [1.54, 1.807) is 11.8 Å². The second-order valence-corrected chi connectivity index (χ2v) is 6.00. The first-order valence-electron chi connectivity index (χ1n) is 6.83. The van der Waals surface area contributed by atoms with Crippen LogP contribution in [0, 0.1) is 6.92 Å². The zero-order valence-corrected chi connectivity index (χ0v) is 12.7. The fourth-order valence-corrected chi connectivity index (χ4v) is 3.10. The van der Waals surface area contributed by atoms with Crippen molar-refractivity contribution in [3.05, 3.63) is 10.6 Å². The number of anilines is 1. The highest BCUT2D eigenvalue weighted by molar-refractivity contribution is 7.17. The van der Waals surface area contributed by atoms with E-state index in [1.807, 2.05) is 0 Å². The van der Waals surface area contributed by atoms with Crippen molar-refractivity contribution in [1.29, 1.82) is 0 Å². The minimum absolute atomic E-state index is 0.0124. The highest BCUT2D eigenvalue weighted by atomic mass is 32.1. The zero-order valence-electron chi connectivity index (χ0n) is 11.9. The number of hydrogen-bond donors (Lipinski definition) is 2. The predicted molar refractivity (Wildman–Crippen MR) is 78.4 cm³/mol. The molecule has 0 radical (unpaired) electrons. The Morgan fingerprint density at radius 2 is 2.14 bits per heavy atom. The van der Waals surface area contributed by atoms with Crippen LogP contribution in [0.25, 0.3) is 0 Å². The van der Waals surface area contributed by atoms with Crippen LogP contribution < -0.4 is 5.73 Å². The Morgan fingerprint density at radius 3 is 2.67 bits per heavy atom. The lowest BCUT2D eigenvalue weighted by molar-refractivity contribution is -0.138. The van der Waals surface area contributed by atoms with E-state index in [2.05, 4.69) is 4.98 Å². The maximum absolute atomic E-state index is 12.4. The van der Waals surface area contributed by atoms with Gasteiger partial charge < -0.3 is 20.5 Å². The molecule has 0 unspecified atom stereocenters. The lowest BCUT2D eigenvalue weighted by atomic mass is 10.1. The van der Waals surface area contributed by atoms with Gasteiger partial charge in [-0.15, -0.1) is 0 Å². The number of nitrogen functional groups attached to an aromatic ring is 1. The summed E-state index contributed by atoms with van der Waals surface area (Å²) in [5, 5.41) is 8.97. The molecule has 0 atom stereocenters. The number of carbonyl (C=O) groups is 2. The average molecular weight is 313 g/mol. The molecule has 1 fully saturated rings. The lowest BCUT2D eigenvalue weighted by Gasteiger charge is -2.31. The first-order valence-corrected chi connectivity index (χ1v) is 7.64. The molecule has 2 rings (SSSR count). The van der Waals surface area contributed by atoms with Crippen LogP contribution in [-0.4, -0.2) is 52.7 Å². The monoisotopic (exact) mass is 313 g/mol. The number of hydrogen-bond acceptors (Lipinski definition) is 6. The molecular weight excluding hydrogens is 294 g/mol. The lowest BCUT2D eigenvalue weighted by Crippen LogP contribution is -2.41. The molecule has 116 valence electrons. The van der Waals surface area contributed by atoms with E-state index < -0.39 is 5.97 Å². The van der Waals surface area contributed by atoms with Crippen LogP contribution >= 0.6 is 11.3 Å². The molecule has 1 amide bonds. The second-order valence-electron chi connectivity index (χ2n) is 4.97. The largest absolute Gasteiger partial charge is 0.481 e. The molecule has 1 saturated heterocycles. The van der Waals surface area contributed by atoms with Crippen molar-refractivity contribution in [3.63, 3.8) is 0 Å². The summed E-state index contributed by atoms with van der Waals surface area (Å²) in [7, 11) is 0. The Morgan fingerprint density at radius 1 is 1.48 bits per heavy atom. The average Bonchev–Trinajstić information content (AvgIpc) is 2.77. The third-order valence-corrected chi connectivity index (χ3v) is 4.38. The molecule has 0 bridgehead atoms. The Bertz CT molecular complexity index is 523. The number of likely N-dealkylation sites (tertiary alicyclic amines) is 1. The van der Waals surface area contributed by atoms with Crippen molar-refractivity contribution in [1.82, 2.24) is 9.88 Å². The maximum Gasteiger partial charge on any atom is 0.305 e. The van der Waals surface area contributed by atoms with Gasteiger partial charge in [-0.1, -0.05) is 11.3 Å². The first kappa shape index (κ1) is 15.7. The van der Waals surface area contributed by atoms with Gasteiger partial charge in [-0.05, 0) is 19.8 Å². The van der Waals surface area contributed by atoms with Crippen molar-refractivity contribution in [2.45, 2.75) is 32.3 Å². The number of piperidine rings is 1. The van der Waals surface area contributed by atoms with Crippen LogP contribution in [0.3, 0.4) is 0 Å². The summed E-state index contributed by atoms with van der Waals surface area (Å²) in [5.74, 6) is -0.897. The summed E-state index contributed by atoms with van der Waals surface area (Å²) in [4.78, 5) is 29.2. The molecule has 1 aromatic rings. The van der Waals surface area contributed by atoms with Gasteiger partial charge in [0.15, 0.2) is 5.13 Å². The standard InChI is InChI=1S/C13H19N3O4S/c1-8-11(21-13(14)15-8)12(19)16-5-2-9(3-6-16)20-7-4-10(17)18/h9H,2-7H2,1H3,(H2,14,15)(H,17,18). The van der Waals surface area contributed by atoms with Gasteiger partial charge in [0.1, 0.15) is 4.88 Å². The Balaban J connectivity index is 1.82. The van der Waals surface area contributed by atoms with Crippen molar-refractivity contribution in [2.75, 3.05) is 25.4 Å². The molecule has 2 heterocycles. The van der Waals surface area contributed by atoms with Crippen molar-refractivity contribution in [2.24, 2.45) is 0 Å². The SMILES string of the molecule is Cc1nc(N)sc1C(=O)N1CCC(OCCC(=O)O)CC1. The molecule has 0 spiro atoms. The molecule has 0 aliphatic carbocycles. The van der Waals surface area contributed by atoms with Gasteiger partial charge in [0, 0.05) is 13.1 Å². The molecule has 7 nitrogen and oxygen atoms in total. The fraction of sp³-hybridized carbons (Fsp3) is 0.615. The zero-order chi connectivity index (χ0) is 15.4. The number of carboxylic acids is 1. The number of aryl methyl sites for hydroxylation is 1. The van der Waals surface area contributed by atoms with Crippen LogP contribution in [0.1, 0.15) is 34.6 Å². The van der Waals surface area contributed by atoms with Crippen LogP contribution in [0.2, 0.25) is 0 Å². The Kier molecular flexibility index (Phi) is 5.13. The van der Waals surface area contributed by atoms with Gasteiger partial charge in [0.05, 0.1) is 24.8 Å². The summed E-state index contributed by atoms with van der Waals surface area (Å²) >= 11 is 1.21. The summed E-state index contributed by atoms with van der Waals surface area (Å²) in [6, 6.07) is 0. The van der Waals surface area contributed by atoms with Crippen LogP contribution in [0.4, 0.5) is 5.13 Å². The Hall–Kier alpha value is -1.67. The molecule has 21 heavy (non-hydrogen) atoms. The number of thiazole rings is 1. The van der Waals surface area contributed by atoms with Gasteiger partial charge in [0.25, 0.3) is 5.91 Å². The van der Waals surface area contributed by atoms with Crippen LogP contribution in [-0.2, 0) is 9.53 Å². The van der Waals surface area contributed by atoms with E-state index in [9.17, 15) is 9.59 Å². The summed E-state index contributed by atoms with van der Waals surface area (Å²) in [6.07, 6.45) is 1.48. The van der Waals surface area contributed by atoms with Crippen molar-refractivity contribution >= 4 is 28.3 Å².